The number of alkyl halides is 3. The second kappa shape index (κ2) is 15.1. The normalized spacial score (nSPS) is 23.4. The lowest BCUT2D eigenvalue weighted by molar-refractivity contribution is -0.213. The summed E-state index contributed by atoms with van der Waals surface area (Å²) >= 11 is 0. The highest BCUT2D eigenvalue weighted by atomic mass is 32.3. The van der Waals surface area contributed by atoms with Gasteiger partial charge in [0.2, 0.25) is 0 Å². The van der Waals surface area contributed by atoms with Crippen LogP contribution in [0, 0.1) is 17.8 Å². The van der Waals surface area contributed by atoms with E-state index in [0.29, 0.717) is 47.8 Å². The van der Waals surface area contributed by atoms with Crippen LogP contribution in [0.4, 0.5) is 19.0 Å². The van der Waals surface area contributed by atoms with E-state index < -0.39 is 27.6 Å². The van der Waals surface area contributed by atoms with Gasteiger partial charge in [0.25, 0.3) is 0 Å². The third kappa shape index (κ3) is 9.23. The molecule has 52 heavy (non-hydrogen) atoms. The highest BCUT2D eigenvalue weighted by Crippen LogP contribution is 2.43. The Hall–Kier alpha value is -2.91. The highest BCUT2D eigenvalue weighted by Gasteiger charge is 2.41. The van der Waals surface area contributed by atoms with Gasteiger partial charge in [-0.1, -0.05) is 0 Å². The largest absolute Gasteiger partial charge is 0.416 e. The van der Waals surface area contributed by atoms with E-state index in [4.69, 9.17) is 20.2 Å². The molecule has 0 saturated heterocycles. The third-order valence-corrected chi connectivity index (χ3v) is 12.1. The molecule has 10 nitrogen and oxygen atoms in total. The van der Waals surface area contributed by atoms with Crippen molar-refractivity contribution in [3.63, 3.8) is 0 Å². The molecule has 3 aromatic heterocycles. The molecule has 3 atom stereocenters. The SMILES string of the molecule is CC(C)N(CC1CC(Cc2nc3cc(C(F)(F)F)ccc3n2COCCS(C)(C)C)C1)C[C@H]1C[C@@H](n2ccc3c(N)ncnc32)C[C@@H]1OC(C)(C)O. The molecule has 3 N–H and O–H groups in total. The number of nitrogens with two attached hydrogens (primary N) is 1. The van der Waals surface area contributed by atoms with Crippen molar-refractivity contribution >= 4 is 37.9 Å². The maximum Gasteiger partial charge on any atom is 0.416 e. The molecule has 2 aliphatic rings. The number of aromatic nitrogens is 5. The number of ether oxygens (including phenoxy) is 2. The van der Waals surface area contributed by atoms with Gasteiger partial charge in [0.1, 0.15) is 30.3 Å². The van der Waals surface area contributed by atoms with E-state index in [1.807, 2.05) is 16.8 Å². The van der Waals surface area contributed by atoms with Gasteiger partial charge in [-0.2, -0.15) is 13.2 Å². The number of rotatable bonds is 15. The number of fused-ring (bicyclic) bond motifs is 2. The van der Waals surface area contributed by atoms with Gasteiger partial charge in [-0.3, -0.25) is 0 Å². The second-order valence-corrected chi connectivity index (χ2v) is 21.2. The maximum absolute atomic E-state index is 13.5. The van der Waals surface area contributed by atoms with Crippen molar-refractivity contribution < 1.29 is 27.8 Å². The van der Waals surface area contributed by atoms with Crippen LogP contribution in [0.5, 0.6) is 0 Å². The van der Waals surface area contributed by atoms with E-state index >= 15 is 0 Å². The van der Waals surface area contributed by atoms with Crippen LogP contribution in [0.2, 0.25) is 0 Å². The first-order valence-corrected chi connectivity index (χ1v) is 21.4. The number of hydrogen-bond donors (Lipinski definition) is 2. The minimum Gasteiger partial charge on any atom is -0.383 e. The Labute approximate surface area is 306 Å². The van der Waals surface area contributed by atoms with E-state index in [2.05, 4.69) is 52.0 Å². The Morgan fingerprint density at radius 3 is 2.46 bits per heavy atom. The molecule has 0 unspecified atom stereocenters. The van der Waals surface area contributed by atoms with Crippen LogP contribution in [-0.4, -0.2) is 96.2 Å². The predicted molar refractivity (Wildman–Crippen MR) is 202 cm³/mol. The molecule has 1 aromatic carbocycles. The lowest BCUT2D eigenvalue weighted by atomic mass is 9.72. The molecule has 0 spiro atoms. The Balaban J connectivity index is 1.11. The van der Waals surface area contributed by atoms with E-state index in [0.717, 1.165) is 73.5 Å². The van der Waals surface area contributed by atoms with E-state index in [9.17, 15) is 18.3 Å². The quantitative estimate of drug-likeness (QED) is 0.0979. The zero-order valence-corrected chi connectivity index (χ0v) is 32.4. The Bertz CT molecular complexity index is 1820. The minimum absolute atomic E-state index is 0.130. The summed E-state index contributed by atoms with van der Waals surface area (Å²) in [5.74, 6) is 2.06. The fourth-order valence-corrected chi connectivity index (χ4v) is 8.59. The van der Waals surface area contributed by atoms with Gasteiger partial charge in [-0.25, -0.2) is 25.0 Å². The summed E-state index contributed by atoms with van der Waals surface area (Å²) in [7, 11) is -0.725. The molecule has 3 heterocycles. The predicted octanol–water partition coefficient (Wildman–Crippen LogP) is 7.09. The number of aliphatic hydroxyl groups is 1. The van der Waals surface area contributed by atoms with Crippen LogP contribution >= 0.6 is 10.0 Å². The van der Waals surface area contributed by atoms with Crippen LogP contribution in [0.1, 0.15) is 70.8 Å². The van der Waals surface area contributed by atoms with Gasteiger partial charge < -0.3 is 34.3 Å². The topological polar surface area (TPSA) is 116 Å². The summed E-state index contributed by atoms with van der Waals surface area (Å²) in [6.45, 7) is 10.5. The fraction of sp³-hybridized carbons (Fsp3) is 0.658. The van der Waals surface area contributed by atoms with E-state index in [-0.39, 0.29) is 24.8 Å². The number of benzene rings is 1. The van der Waals surface area contributed by atoms with Crippen LogP contribution in [-0.2, 0) is 28.8 Å². The third-order valence-electron chi connectivity index (χ3n) is 10.7. The maximum atomic E-state index is 13.5. The fourth-order valence-electron chi connectivity index (χ4n) is 7.97. The van der Waals surface area contributed by atoms with Gasteiger partial charge in [0, 0.05) is 43.5 Å². The number of halogens is 3. The standard InChI is InChI=1S/C38H56F3N7O3S/c1-24(2)46(21-27-17-29(19-33(27)51-37(3,4)49)47-11-10-30-35(42)43-22-44-36(30)47)20-26-14-25(15-26)16-34-45-31-18-28(38(39,40)41)8-9-32(31)48(34)23-50-12-13-52(5,6)7/h8-11,18,22,24-27,29,33,49H,12-17,19-21,23H2,1-7H3,(H2,42,43,44)/t25?,26?,27-,29-,33+/m1/s1. The zero-order chi connectivity index (χ0) is 37.6. The molecule has 288 valence electrons. The number of imidazole rings is 1. The molecule has 0 radical (unpaired) electrons. The van der Waals surface area contributed by atoms with Crippen molar-refractivity contribution in [2.24, 2.45) is 17.8 Å². The Morgan fingerprint density at radius 1 is 1.04 bits per heavy atom. The van der Waals surface area contributed by atoms with Crippen molar-refractivity contribution in [2.75, 3.05) is 50.0 Å². The lowest BCUT2D eigenvalue weighted by Crippen LogP contribution is -2.45. The molecule has 4 aromatic rings. The Morgan fingerprint density at radius 2 is 1.79 bits per heavy atom. The average molecular weight is 748 g/mol. The molecular weight excluding hydrogens is 692 g/mol. The van der Waals surface area contributed by atoms with Crippen molar-refractivity contribution in [2.45, 2.75) is 96.7 Å². The van der Waals surface area contributed by atoms with Gasteiger partial charge in [-0.15, -0.1) is 0 Å². The highest BCUT2D eigenvalue weighted by molar-refractivity contribution is 8.32. The summed E-state index contributed by atoms with van der Waals surface area (Å²) in [5, 5.41) is 11.5. The smallest absolute Gasteiger partial charge is 0.383 e. The van der Waals surface area contributed by atoms with Crippen molar-refractivity contribution in [1.82, 2.24) is 29.0 Å². The van der Waals surface area contributed by atoms with E-state index in [1.54, 1.807) is 13.8 Å². The van der Waals surface area contributed by atoms with E-state index in [1.165, 1.54) is 12.4 Å². The zero-order valence-electron chi connectivity index (χ0n) is 31.6. The van der Waals surface area contributed by atoms with Crippen LogP contribution in [0.15, 0.2) is 36.8 Å². The molecule has 2 saturated carbocycles. The Kier molecular flexibility index (Phi) is 11.3. The molecule has 14 heteroatoms. The first-order chi connectivity index (χ1) is 24.3. The van der Waals surface area contributed by atoms with Crippen LogP contribution < -0.4 is 5.73 Å². The number of anilines is 1. The van der Waals surface area contributed by atoms with Gasteiger partial charge >= 0.3 is 6.18 Å². The number of nitrogen functional groups attached to an aromatic ring is 1. The summed E-state index contributed by atoms with van der Waals surface area (Å²) < 4.78 is 57.1. The monoisotopic (exact) mass is 747 g/mol. The summed E-state index contributed by atoms with van der Waals surface area (Å²) in [4.78, 5) is 15.9. The second-order valence-electron chi connectivity index (χ2n) is 16.7. The minimum atomic E-state index is -4.42. The molecule has 2 aliphatic carbocycles. The molecular formula is C38H56F3N7O3S. The van der Waals surface area contributed by atoms with Gasteiger partial charge in [-0.05, 0) is 114 Å². The first kappa shape index (κ1) is 38.8. The molecule has 6 rings (SSSR count). The van der Waals surface area contributed by atoms with Crippen LogP contribution in [0.25, 0.3) is 22.1 Å². The van der Waals surface area contributed by atoms with Crippen molar-refractivity contribution in [1.29, 1.82) is 0 Å². The molecule has 0 aliphatic heterocycles. The lowest BCUT2D eigenvalue weighted by Gasteiger charge is -2.41. The number of hydrogen-bond acceptors (Lipinski definition) is 8. The van der Waals surface area contributed by atoms with Crippen molar-refractivity contribution in [3.05, 3.63) is 48.2 Å². The summed E-state index contributed by atoms with van der Waals surface area (Å²) in [5.41, 5.74) is 7.29. The molecule has 0 amide bonds. The summed E-state index contributed by atoms with van der Waals surface area (Å²) in [6.07, 6.45) is 10.1. The summed E-state index contributed by atoms with van der Waals surface area (Å²) in [6, 6.07) is 6.26. The first-order valence-electron chi connectivity index (χ1n) is 18.4. The molecule has 0 bridgehead atoms. The number of nitrogens with zero attached hydrogens (tertiary/aromatic N) is 6. The van der Waals surface area contributed by atoms with Crippen molar-refractivity contribution in [3.8, 4) is 0 Å². The van der Waals surface area contributed by atoms with Crippen LogP contribution in [0.3, 0.4) is 0 Å². The van der Waals surface area contributed by atoms with Gasteiger partial charge in [0.15, 0.2) is 5.79 Å². The van der Waals surface area contributed by atoms with Gasteiger partial charge in [0.05, 0.1) is 34.7 Å². The molecule has 2 fully saturated rings. The average Bonchev–Trinajstić information content (AvgIpc) is 3.71.